The Labute approximate surface area is 138 Å². The van der Waals surface area contributed by atoms with E-state index < -0.39 is 12.2 Å². The number of aliphatic hydroxyl groups is 2. The monoisotopic (exact) mass is 310 g/mol. The average Bonchev–Trinajstić information content (AvgIpc) is 2.95. The summed E-state index contributed by atoms with van der Waals surface area (Å²) in [6.07, 6.45) is -1.77. The summed E-state index contributed by atoms with van der Waals surface area (Å²) >= 11 is 0. The first-order chi connectivity index (χ1) is 11.8. The fourth-order valence-electron chi connectivity index (χ4n) is 4.64. The van der Waals surface area contributed by atoms with Gasteiger partial charge in [-0.15, -0.1) is 0 Å². The van der Waals surface area contributed by atoms with E-state index in [0.717, 1.165) is 32.9 Å². The maximum atomic E-state index is 10.8. The van der Waals surface area contributed by atoms with Gasteiger partial charge in [0.05, 0.1) is 0 Å². The van der Waals surface area contributed by atoms with Gasteiger partial charge in [-0.05, 0) is 60.7 Å². The van der Waals surface area contributed by atoms with Gasteiger partial charge in [0, 0.05) is 0 Å². The van der Waals surface area contributed by atoms with E-state index in [0.29, 0.717) is 0 Å². The van der Waals surface area contributed by atoms with Gasteiger partial charge in [-0.25, -0.2) is 0 Å². The first kappa shape index (κ1) is 12.7. The molecule has 2 nitrogen and oxygen atoms in total. The van der Waals surface area contributed by atoms with Crippen LogP contribution in [0.1, 0.15) is 17.2 Å². The van der Waals surface area contributed by atoms with Crippen LogP contribution in [0.3, 0.4) is 0 Å². The fraction of sp³-hybridized carbons (Fsp3) is 0.0909. The van der Waals surface area contributed by atoms with Crippen LogP contribution in [-0.4, -0.2) is 16.3 Å². The van der Waals surface area contributed by atoms with Crippen LogP contribution in [0.4, 0.5) is 0 Å². The van der Waals surface area contributed by atoms with Crippen molar-refractivity contribution in [1.29, 1.82) is 0 Å². The number of rotatable bonds is 0. The van der Waals surface area contributed by atoms with Gasteiger partial charge >= 0.3 is 0 Å². The van der Waals surface area contributed by atoms with Gasteiger partial charge in [-0.1, -0.05) is 54.6 Å². The van der Waals surface area contributed by atoms with Gasteiger partial charge in [-0.3, -0.25) is 0 Å². The lowest BCUT2D eigenvalue weighted by atomic mass is 9.83. The largest absolute Gasteiger partial charge is 0.385 e. The molecule has 0 saturated heterocycles. The number of benzene rings is 4. The normalized spacial score (nSPS) is 20.8. The van der Waals surface area contributed by atoms with Crippen LogP contribution >= 0.6 is 0 Å². The van der Waals surface area contributed by atoms with Crippen LogP contribution in [0.25, 0.3) is 38.2 Å². The zero-order chi connectivity index (χ0) is 16.0. The minimum absolute atomic E-state index is 0.833. The summed E-state index contributed by atoms with van der Waals surface area (Å²) < 4.78 is 0. The van der Waals surface area contributed by atoms with Crippen molar-refractivity contribution < 1.29 is 10.2 Å². The van der Waals surface area contributed by atoms with E-state index in [4.69, 9.17) is 0 Å². The molecule has 0 unspecified atom stereocenters. The molecule has 0 radical (unpaired) electrons. The molecule has 4 aromatic rings. The van der Waals surface area contributed by atoms with E-state index in [2.05, 4.69) is 30.3 Å². The molecule has 4 aromatic carbocycles. The van der Waals surface area contributed by atoms with Crippen molar-refractivity contribution in [2.75, 3.05) is 0 Å². The Balaban J connectivity index is 2.00. The third-order valence-electron chi connectivity index (χ3n) is 5.62. The summed E-state index contributed by atoms with van der Waals surface area (Å²) in [6, 6.07) is 20.7. The zero-order valence-corrected chi connectivity index (χ0v) is 12.8. The van der Waals surface area contributed by atoms with E-state index in [1.165, 1.54) is 21.7 Å². The molecule has 0 aliphatic heterocycles. The van der Waals surface area contributed by atoms with Crippen LogP contribution in [0.5, 0.6) is 0 Å². The summed E-state index contributed by atoms with van der Waals surface area (Å²) in [6.45, 7) is 0. The standard InChI is InChI=1S/C22H14O2/c23-21-15-9-8-11-4-3-5-12-10-16-13-6-1-2-7-14(13)20(22(21)24)19(16)18(15)17(11)12/h1-10,21-24H/t21-,22-/m1/s1. The van der Waals surface area contributed by atoms with Crippen LogP contribution in [-0.2, 0) is 0 Å². The Morgan fingerprint density at radius 3 is 2.29 bits per heavy atom. The van der Waals surface area contributed by atoms with Crippen molar-refractivity contribution in [1.82, 2.24) is 0 Å². The van der Waals surface area contributed by atoms with Gasteiger partial charge in [0.15, 0.2) is 0 Å². The molecule has 0 amide bonds. The summed E-state index contributed by atoms with van der Waals surface area (Å²) in [7, 11) is 0. The highest BCUT2D eigenvalue weighted by molar-refractivity contribution is 6.16. The lowest BCUT2D eigenvalue weighted by Gasteiger charge is -2.27. The summed E-state index contributed by atoms with van der Waals surface area (Å²) in [5.74, 6) is 0. The Morgan fingerprint density at radius 2 is 1.42 bits per heavy atom. The molecule has 6 rings (SSSR count). The molecule has 114 valence electrons. The minimum atomic E-state index is -0.887. The predicted molar refractivity (Wildman–Crippen MR) is 95.6 cm³/mol. The quantitative estimate of drug-likeness (QED) is 0.523. The van der Waals surface area contributed by atoms with Crippen molar-refractivity contribution >= 4 is 27.1 Å². The van der Waals surface area contributed by atoms with Gasteiger partial charge < -0.3 is 10.2 Å². The topological polar surface area (TPSA) is 40.5 Å². The molecule has 0 spiro atoms. The molecular weight excluding hydrogens is 296 g/mol. The molecule has 0 aromatic heterocycles. The Morgan fingerprint density at radius 1 is 0.625 bits per heavy atom. The lowest BCUT2D eigenvalue weighted by Crippen LogP contribution is -2.30. The van der Waals surface area contributed by atoms with E-state index in [9.17, 15) is 10.2 Å². The number of hydrogen-bond acceptors (Lipinski definition) is 2. The van der Waals surface area contributed by atoms with Crippen LogP contribution in [0.2, 0.25) is 0 Å². The minimum Gasteiger partial charge on any atom is -0.385 e. The lowest BCUT2D eigenvalue weighted by molar-refractivity contribution is 0.0538. The highest BCUT2D eigenvalue weighted by Crippen LogP contribution is 2.44. The Hall–Kier alpha value is -2.68. The zero-order valence-electron chi connectivity index (χ0n) is 12.8. The summed E-state index contributed by atoms with van der Waals surface area (Å²) in [5.41, 5.74) is 5.06. The number of fused-ring (bicyclic) bond motifs is 3. The number of hydrogen-bond donors (Lipinski definition) is 2. The highest BCUT2D eigenvalue weighted by atomic mass is 16.3. The van der Waals surface area contributed by atoms with Crippen LogP contribution < -0.4 is 5.22 Å². The van der Waals surface area contributed by atoms with Crippen LogP contribution in [0.15, 0.2) is 60.7 Å². The number of aliphatic hydroxyl groups excluding tert-OH is 2. The van der Waals surface area contributed by atoms with Crippen molar-refractivity contribution in [3.8, 4) is 11.1 Å². The van der Waals surface area contributed by atoms with E-state index in [-0.39, 0.29) is 0 Å². The second-order valence-corrected chi connectivity index (χ2v) is 6.76. The summed E-state index contributed by atoms with van der Waals surface area (Å²) in [4.78, 5) is 0. The van der Waals surface area contributed by atoms with Gasteiger partial charge in [0.2, 0.25) is 0 Å². The van der Waals surface area contributed by atoms with E-state index in [1.807, 2.05) is 30.3 Å². The third-order valence-corrected chi connectivity index (χ3v) is 5.62. The van der Waals surface area contributed by atoms with Gasteiger partial charge in [-0.2, -0.15) is 0 Å². The first-order valence-corrected chi connectivity index (χ1v) is 8.24. The van der Waals surface area contributed by atoms with Crippen molar-refractivity contribution in [3.05, 3.63) is 77.0 Å². The molecule has 2 N–H and O–H groups in total. The molecule has 2 atom stereocenters. The van der Waals surface area contributed by atoms with Gasteiger partial charge in [0.1, 0.15) is 12.2 Å². The third kappa shape index (κ3) is 1.27. The second-order valence-electron chi connectivity index (χ2n) is 6.76. The van der Waals surface area contributed by atoms with E-state index in [1.54, 1.807) is 0 Å². The average molecular weight is 310 g/mol. The van der Waals surface area contributed by atoms with Crippen molar-refractivity contribution in [2.45, 2.75) is 12.2 Å². The highest BCUT2D eigenvalue weighted by Gasteiger charge is 2.36. The SMILES string of the molecule is O[C@@H]1C2=c3c(cc4cccc5ccc(c3c54)[C@H]1O)-c1ccccc12. The molecule has 2 aliphatic carbocycles. The Kier molecular flexibility index (Phi) is 2.14. The fourth-order valence-corrected chi connectivity index (χ4v) is 4.64. The predicted octanol–water partition coefficient (Wildman–Crippen LogP) is 3.30. The molecule has 0 bridgehead atoms. The molecule has 0 fully saturated rings. The molecular formula is C22H14O2. The Bertz CT molecular complexity index is 1240. The van der Waals surface area contributed by atoms with E-state index >= 15 is 0 Å². The van der Waals surface area contributed by atoms with Crippen LogP contribution in [0, 0.1) is 0 Å². The molecule has 2 heteroatoms. The maximum Gasteiger partial charge on any atom is 0.110 e. The molecule has 0 heterocycles. The van der Waals surface area contributed by atoms with Crippen molar-refractivity contribution in [2.24, 2.45) is 0 Å². The summed E-state index contributed by atoms with van der Waals surface area (Å²) in [5, 5.41) is 27.3. The second kappa shape index (κ2) is 4.04. The van der Waals surface area contributed by atoms with Crippen molar-refractivity contribution in [3.63, 3.8) is 0 Å². The maximum absolute atomic E-state index is 10.8. The first-order valence-electron chi connectivity index (χ1n) is 8.24. The van der Waals surface area contributed by atoms with Gasteiger partial charge in [0.25, 0.3) is 0 Å². The molecule has 2 aliphatic rings. The smallest absolute Gasteiger partial charge is 0.110 e. The molecule has 0 saturated carbocycles. The molecule has 24 heavy (non-hydrogen) atoms.